The van der Waals surface area contributed by atoms with Gasteiger partial charge in [-0.1, -0.05) is 23.2 Å². The predicted octanol–water partition coefficient (Wildman–Crippen LogP) is 3.68. The molecule has 1 atom stereocenters. The number of nitrogens with one attached hydrogen (secondary N) is 1. The highest BCUT2D eigenvalue weighted by Gasteiger charge is 2.19. The van der Waals surface area contributed by atoms with Crippen LogP contribution in [-0.4, -0.2) is 29.7 Å². The Morgan fingerprint density at radius 1 is 1.16 bits per heavy atom. The summed E-state index contributed by atoms with van der Waals surface area (Å²) < 4.78 is 7.21. The molecule has 0 unspecified atom stereocenters. The highest BCUT2D eigenvalue weighted by Crippen LogP contribution is 2.31. The number of nitrogens with zero attached hydrogens (tertiary/aromatic N) is 6. The van der Waals surface area contributed by atoms with E-state index in [0.717, 1.165) is 0 Å². The standard InChI is InChI=1S/C15H11Cl2N7O/c1-8(13-20-7-21-24(13)14-18-3-2-4-19-14)22-15-23-11-6-9(16)5-10(17)12(11)25-15/h2-8H,1H3,(H,22,23)/t8-/m0/s1. The maximum absolute atomic E-state index is 6.13. The third-order valence-electron chi connectivity index (χ3n) is 3.45. The molecule has 0 amide bonds. The van der Waals surface area contributed by atoms with Gasteiger partial charge in [-0.3, -0.25) is 0 Å². The lowest BCUT2D eigenvalue weighted by molar-refractivity contribution is 0.593. The molecular weight excluding hydrogens is 365 g/mol. The maximum atomic E-state index is 6.13. The van der Waals surface area contributed by atoms with Crippen LogP contribution in [-0.2, 0) is 0 Å². The molecule has 4 aromatic rings. The number of oxazole rings is 1. The second-order valence-electron chi connectivity index (χ2n) is 5.20. The van der Waals surface area contributed by atoms with Gasteiger partial charge in [0.05, 0.1) is 11.1 Å². The lowest BCUT2D eigenvalue weighted by atomic mass is 10.3. The Balaban J connectivity index is 1.64. The first-order valence-corrected chi connectivity index (χ1v) is 8.07. The van der Waals surface area contributed by atoms with Crippen molar-refractivity contribution in [2.45, 2.75) is 13.0 Å². The summed E-state index contributed by atoms with van der Waals surface area (Å²) in [6.45, 7) is 1.90. The number of anilines is 1. The Labute approximate surface area is 151 Å². The third kappa shape index (κ3) is 3.01. The number of hydrogen-bond donors (Lipinski definition) is 1. The predicted molar refractivity (Wildman–Crippen MR) is 93.0 cm³/mol. The SMILES string of the molecule is C[C@H](Nc1nc2cc(Cl)cc(Cl)c2o1)c1ncnn1-c1ncccn1. The monoisotopic (exact) mass is 375 g/mol. The van der Waals surface area contributed by atoms with E-state index in [1.54, 1.807) is 35.3 Å². The number of hydrogen-bond acceptors (Lipinski definition) is 7. The Hall–Kier alpha value is -2.71. The minimum atomic E-state index is -0.270. The van der Waals surface area contributed by atoms with Gasteiger partial charge in [-0.15, -0.1) is 0 Å². The molecule has 25 heavy (non-hydrogen) atoms. The van der Waals surface area contributed by atoms with Crippen LogP contribution in [0.15, 0.2) is 41.3 Å². The second-order valence-corrected chi connectivity index (χ2v) is 6.04. The topological polar surface area (TPSA) is 94.6 Å². The normalized spacial score (nSPS) is 12.4. The first-order chi connectivity index (χ1) is 12.1. The molecule has 10 heteroatoms. The van der Waals surface area contributed by atoms with E-state index in [-0.39, 0.29) is 6.04 Å². The van der Waals surface area contributed by atoms with Crippen molar-refractivity contribution in [2.75, 3.05) is 5.32 Å². The van der Waals surface area contributed by atoms with E-state index in [4.69, 9.17) is 27.6 Å². The summed E-state index contributed by atoms with van der Waals surface area (Å²) in [7, 11) is 0. The lowest BCUT2D eigenvalue weighted by Gasteiger charge is -2.11. The Kier molecular flexibility index (Phi) is 3.98. The van der Waals surface area contributed by atoms with Gasteiger partial charge in [0.25, 0.3) is 12.0 Å². The van der Waals surface area contributed by atoms with Gasteiger partial charge in [-0.2, -0.15) is 14.8 Å². The zero-order valence-electron chi connectivity index (χ0n) is 12.9. The van der Waals surface area contributed by atoms with Gasteiger partial charge in [0.2, 0.25) is 0 Å². The Bertz CT molecular complexity index is 1030. The molecule has 8 nitrogen and oxygen atoms in total. The van der Waals surface area contributed by atoms with Crippen LogP contribution in [0, 0.1) is 0 Å². The van der Waals surface area contributed by atoms with Crippen LogP contribution < -0.4 is 5.32 Å². The van der Waals surface area contributed by atoms with Crippen LogP contribution in [0.4, 0.5) is 6.01 Å². The van der Waals surface area contributed by atoms with Crippen LogP contribution >= 0.6 is 23.2 Å². The minimum Gasteiger partial charge on any atom is -0.422 e. The molecule has 0 aliphatic rings. The minimum absolute atomic E-state index is 0.270. The summed E-state index contributed by atoms with van der Waals surface area (Å²) in [5.74, 6) is 1.04. The van der Waals surface area contributed by atoms with E-state index >= 15 is 0 Å². The number of benzene rings is 1. The molecule has 3 aromatic heterocycles. The molecule has 0 saturated carbocycles. The third-order valence-corrected chi connectivity index (χ3v) is 3.95. The molecule has 0 aliphatic heterocycles. The fourth-order valence-electron chi connectivity index (χ4n) is 2.37. The Morgan fingerprint density at radius 2 is 1.96 bits per heavy atom. The first-order valence-electron chi connectivity index (χ1n) is 7.31. The molecule has 0 saturated heterocycles. The van der Waals surface area contributed by atoms with Crippen LogP contribution in [0.1, 0.15) is 18.8 Å². The molecule has 3 heterocycles. The fraction of sp³-hybridized carbons (Fsp3) is 0.133. The van der Waals surface area contributed by atoms with Gasteiger partial charge >= 0.3 is 0 Å². The summed E-state index contributed by atoms with van der Waals surface area (Å²) in [4.78, 5) is 17.0. The molecule has 4 rings (SSSR count). The molecule has 0 radical (unpaired) electrons. The summed E-state index contributed by atoms with van der Waals surface area (Å²) >= 11 is 12.1. The number of fused-ring (bicyclic) bond motifs is 1. The highest BCUT2D eigenvalue weighted by atomic mass is 35.5. The van der Waals surface area contributed by atoms with Crippen molar-refractivity contribution in [3.63, 3.8) is 0 Å². The molecule has 0 fully saturated rings. The molecule has 1 N–H and O–H groups in total. The average molecular weight is 376 g/mol. The average Bonchev–Trinajstić information content (AvgIpc) is 3.22. The molecule has 0 spiro atoms. The zero-order chi connectivity index (χ0) is 17.4. The smallest absolute Gasteiger partial charge is 0.296 e. The van der Waals surface area contributed by atoms with Crippen molar-refractivity contribution in [3.05, 3.63) is 52.8 Å². The molecule has 0 aliphatic carbocycles. The van der Waals surface area contributed by atoms with Crippen LogP contribution in [0.2, 0.25) is 10.0 Å². The van der Waals surface area contributed by atoms with E-state index in [0.29, 0.717) is 38.9 Å². The summed E-state index contributed by atoms with van der Waals surface area (Å²) in [6.07, 6.45) is 4.71. The second kappa shape index (κ2) is 6.30. The first kappa shape index (κ1) is 15.8. The van der Waals surface area contributed by atoms with Crippen molar-refractivity contribution in [3.8, 4) is 5.95 Å². The van der Waals surface area contributed by atoms with Gasteiger partial charge in [0.15, 0.2) is 11.4 Å². The Morgan fingerprint density at radius 3 is 2.76 bits per heavy atom. The lowest BCUT2D eigenvalue weighted by Crippen LogP contribution is -2.15. The van der Waals surface area contributed by atoms with E-state index in [1.165, 1.54) is 6.33 Å². The number of aromatic nitrogens is 6. The van der Waals surface area contributed by atoms with Crippen LogP contribution in [0.25, 0.3) is 17.0 Å². The van der Waals surface area contributed by atoms with Gasteiger partial charge in [-0.05, 0) is 25.1 Å². The maximum Gasteiger partial charge on any atom is 0.296 e. The molecule has 1 aromatic carbocycles. The zero-order valence-corrected chi connectivity index (χ0v) is 14.4. The van der Waals surface area contributed by atoms with E-state index < -0.39 is 0 Å². The highest BCUT2D eigenvalue weighted by molar-refractivity contribution is 6.38. The van der Waals surface area contributed by atoms with E-state index in [1.807, 2.05) is 6.92 Å². The van der Waals surface area contributed by atoms with Crippen molar-refractivity contribution < 1.29 is 4.42 Å². The van der Waals surface area contributed by atoms with Gasteiger partial charge in [-0.25, -0.2) is 15.0 Å². The van der Waals surface area contributed by atoms with Crippen LogP contribution in [0.5, 0.6) is 0 Å². The van der Waals surface area contributed by atoms with Crippen molar-refractivity contribution in [1.82, 2.24) is 29.7 Å². The summed E-state index contributed by atoms with van der Waals surface area (Å²) in [5, 5.41) is 8.19. The molecule has 126 valence electrons. The van der Waals surface area contributed by atoms with Crippen molar-refractivity contribution in [2.24, 2.45) is 0 Å². The van der Waals surface area contributed by atoms with Crippen LogP contribution in [0.3, 0.4) is 0 Å². The summed E-state index contributed by atoms with van der Waals surface area (Å²) in [5.41, 5.74) is 1.04. The summed E-state index contributed by atoms with van der Waals surface area (Å²) in [6, 6.07) is 5.05. The number of halogens is 2. The van der Waals surface area contributed by atoms with E-state index in [9.17, 15) is 0 Å². The van der Waals surface area contributed by atoms with Gasteiger partial charge in [0, 0.05) is 17.4 Å². The quantitative estimate of drug-likeness (QED) is 0.581. The van der Waals surface area contributed by atoms with Gasteiger partial charge < -0.3 is 9.73 Å². The van der Waals surface area contributed by atoms with Crippen molar-refractivity contribution in [1.29, 1.82) is 0 Å². The van der Waals surface area contributed by atoms with Crippen molar-refractivity contribution >= 4 is 40.3 Å². The fourth-order valence-corrected chi connectivity index (χ4v) is 2.89. The largest absolute Gasteiger partial charge is 0.422 e. The number of rotatable bonds is 4. The van der Waals surface area contributed by atoms with E-state index in [2.05, 4.69) is 30.4 Å². The molecular formula is C15H11Cl2N7O. The van der Waals surface area contributed by atoms with Gasteiger partial charge in [0.1, 0.15) is 11.8 Å². The molecule has 0 bridgehead atoms.